The molecule has 3 aliphatic rings. The zero-order chi connectivity index (χ0) is 19.8. The van der Waals surface area contributed by atoms with Crippen LogP contribution in [0.4, 0.5) is 0 Å². The molecule has 1 N–H and O–H groups in total. The van der Waals surface area contributed by atoms with E-state index in [1.54, 1.807) is 0 Å². The molecule has 1 atom stereocenters. The zero-order valence-electron chi connectivity index (χ0n) is 16.5. The Bertz CT molecular complexity index is 825. The standard InChI is InChI=1S/C21H30N2O4S/c1-28(25,26)23-13-9-16(10-14-23)20(24)22-18-15-21(11-5-2-6-12-21)27-19-8-4-3-7-17(18)19/h3-4,7-8,16,18H,2,5-6,9-15H2,1H3,(H,22,24)/t18-/m0/s1. The highest BCUT2D eigenvalue weighted by molar-refractivity contribution is 7.88. The van der Waals surface area contributed by atoms with Crippen molar-refractivity contribution >= 4 is 15.9 Å². The van der Waals surface area contributed by atoms with E-state index in [1.807, 2.05) is 24.3 Å². The first kappa shape index (κ1) is 19.7. The molecule has 0 bridgehead atoms. The Morgan fingerprint density at radius 2 is 1.82 bits per heavy atom. The van der Waals surface area contributed by atoms with E-state index in [0.29, 0.717) is 25.9 Å². The van der Waals surface area contributed by atoms with E-state index in [-0.39, 0.29) is 23.5 Å². The quantitative estimate of drug-likeness (QED) is 0.837. The molecule has 2 aliphatic heterocycles. The number of amides is 1. The third kappa shape index (κ3) is 4.06. The Kier molecular flexibility index (Phi) is 5.40. The monoisotopic (exact) mass is 406 g/mol. The maximum atomic E-state index is 13.0. The molecule has 1 saturated heterocycles. The molecule has 1 spiro atoms. The molecule has 6 nitrogen and oxygen atoms in total. The normalized spacial score (nSPS) is 25.7. The van der Waals surface area contributed by atoms with Gasteiger partial charge >= 0.3 is 0 Å². The zero-order valence-corrected chi connectivity index (χ0v) is 17.3. The van der Waals surface area contributed by atoms with Gasteiger partial charge in [0.15, 0.2) is 0 Å². The Morgan fingerprint density at radius 3 is 2.50 bits per heavy atom. The largest absolute Gasteiger partial charge is 0.487 e. The van der Waals surface area contributed by atoms with Crippen molar-refractivity contribution in [3.8, 4) is 5.75 Å². The van der Waals surface area contributed by atoms with Crippen LogP contribution in [-0.2, 0) is 14.8 Å². The van der Waals surface area contributed by atoms with Gasteiger partial charge < -0.3 is 10.1 Å². The highest BCUT2D eigenvalue weighted by Gasteiger charge is 2.42. The van der Waals surface area contributed by atoms with E-state index in [1.165, 1.54) is 29.8 Å². The van der Waals surface area contributed by atoms with Crippen molar-refractivity contribution in [2.75, 3.05) is 19.3 Å². The number of para-hydroxylation sites is 1. The number of benzene rings is 1. The van der Waals surface area contributed by atoms with Crippen LogP contribution in [0.1, 0.15) is 63.0 Å². The van der Waals surface area contributed by atoms with E-state index >= 15 is 0 Å². The second kappa shape index (κ2) is 7.67. The minimum Gasteiger partial charge on any atom is -0.487 e. The molecule has 4 rings (SSSR count). The molecule has 1 aliphatic carbocycles. The van der Waals surface area contributed by atoms with Gasteiger partial charge in [-0.1, -0.05) is 24.6 Å². The number of rotatable bonds is 3. The third-order valence-electron chi connectivity index (χ3n) is 6.57. The molecule has 2 fully saturated rings. The van der Waals surface area contributed by atoms with Gasteiger partial charge in [0.25, 0.3) is 0 Å². The van der Waals surface area contributed by atoms with Crippen molar-refractivity contribution in [1.29, 1.82) is 0 Å². The minimum absolute atomic E-state index is 0.0384. The van der Waals surface area contributed by atoms with Crippen LogP contribution in [0.15, 0.2) is 24.3 Å². The summed E-state index contributed by atoms with van der Waals surface area (Å²) in [5, 5.41) is 3.28. The van der Waals surface area contributed by atoms with Crippen LogP contribution in [0.25, 0.3) is 0 Å². The maximum absolute atomic E-state index is 13.0. The lowest BCUT2D eigenvalue weighted by Gasteiger charge is -2.45. The van der Waals surface area contributed by atoms with Gasteiger partial charge in [-0.05, 0) is 44.6 Å². The van der Waals surface area contributed by atoms with E-state index in [2.05, 4.69) is 5.32 Å². The van der Waals surface area contributed by atoms with Crippen molar-refractivity contribution in [2.24, 2.45) is 5.92 Å². The Labute approximate surface area is 167 Å². The van der Waals surface area contributed by atoms with Crippen LogP contribution in [0.5, 0.6) is 5.75 Å². The van der Waals surface area contributed by atoms with Crippen LogP contribution in [0, 0.1) is 5.92 Å². The topological polar surface area (TPSA) is 75.7 Å². The lowest BCUT2D eigenvalue weighted by molar-refractivity contribution is -0.127. The highest BCUT2D eigenvalue weighted by Crippen LogP contribution is 2.46. The molecule has 28 heavy (non-hydrogen) atoms. The smallest absolute Gasteiger partial charge is 0.223 e. The highest BCUT2D eigenvalue weighted by atomic mass is 32.2. The molecule has 2 heterocycles. The Morgan fingerprint density at radius 1 is 1.14 bits per heavy atom. The molecule has 0 unspecified atom stereocenters. The summed E-state index contributed by atoms with van der Waals surface area (Å²) in [5.41, 5.74) is 0.894. The van der Waals surface area contributed by atoms with E-state index in [9.17, 15) is 13.2 Å². The van der Waals surface area contributed by atoms with Crippen molar-refractivity contribution < 1.29 is 17.9 Å². The first-order chi connectivity index (χ1) is 13.4. The summed E-state index contributed by atoms with van der Waals surface area (Å²) in [6.07, 6.45) is 8.89. The van der Waals surface area contributed by atoms with Crippen LogP contribution >= 0.6 is 0 Å². The predicted octanol–water partition coefficient (Wildman–Crippen LogP) is 3.00. The SMILES string of the molecule is CS(=O)(=O)N1CCC(C(=O)N[C@H]2CC3(CCCCC3)Oc3ccccc32)CC1. The lowest BCUT2D eigenvalue weighted by atomic mass is 9.77. The predicted molar refractivity (Wildman–Crippen MR) is 108 cm³/mol. The molecular formula is C21H30N2O4S. The van der Waals surface area contributed by atoms with Gasteiger partial charge in [-0.2, -0.15) is 0 Å². The second-order valence-electron chi connectivity index (χ2n) is 8.59. The first-order valence-electron chi connectivity index (χ1n) is 10.4. The van der Waals surface area contributed by atoms with Crippen molar-refractivity contribution in [1.82, 2.24) is 9.62 Å². The molecular weight excluding hydrogens is 376 g/mol. The molecule has 1 aromatic carbocycles. The van der Waals surface area contributed by atoms with Crippen molar-refractivity contribution in [3.05, 3.63) is 29.8 Å². The van der Waals surface area contributed by atoms with Gasteiger partial charge in [0.2, 0.25) is 15.9 Å². The average Bonchev–Trinajstić information content (AvgIpc) is 2.68. The van der Waals surface area contributed by atoms with Crippen LogP contribution in [0.2, 0.25) is 0 Å². The number of hydrogen-bond acceptors (Lipinski definition) is 4. The van der Waals surface area contributed by atoms with Crippen molar-refractivity contribution in [3.63, 3.8) is 0 Å². The lowest BCUT2D eigenvalue weighted by Crippen LogP contribution is -2.48. The number of hydrogen-bond donors (Lipinski definition) is 1. The third-order valence-corrected chi connectivity index (χ3v) is 7.88. The summed E-state index contributed by atoms with van der Waals surface area (Å²) in [7, 11) is -3.18. The fraction of sp³-hybridized carbons (Fsp3) is 0.667. The summed E-state index contributed by atoms with van der Waals surface area (Å²) in [6, 6.07) is 7.99. The van der Waals surface area contributed by atoms with E-state index < -0.39 is 10.0 Å². The number of nitrogens with zero attached hydrogens (tertiary/aromatic N) is 1. The van der Waals surface area contributed by atoms with Gasteiger partial charge in [0, 0.05) is 31.0 Å². The molecule has 154 valence electrons. The Hall–Kier alpha value is -1.60. The fourth-order valence-corrected chi connectivity index (χ4v) is 5.86. The van der Waals surface area contributed by atoms with Gasteiger partial charge in [-0.15, -0.1) is 0 Å². The average molecular weight is 407 g/mol. The van der Waals surface area contributed by atoms with Crippen LogP contribution in [-0.4, -0.2) is 43.6 Å². The number of fused-ring (bicyclic) bond motifs is 1. The molecule has 0 radical (unpaired) electrons. The number of carbonyl (C=O) groups excluding carboxylic acids is 1. The molecule has 0 aromatic heterocycles. The number of sulfonamides is 1. The molecule has 1 amide bonds. The molecule has 7 heteroatoms. The maximum Gasteiger partial charge on any atom is 0.223 e. The molecule has 1 saturated carbocycles. The summed E-state index contributed by atoms with van der Waals surface area (Å²) in [4.78, 5) is 13.0. The summed E-state index contributed by atoms with van der Waals surface area (Å²) < 4.78 is 31.3. The van der Waals surface area contributed by atoms with E-state index in [4.69, 9.17) is 4.74 Å². The first-order valence-corrected chi connectivity index (χ1v) is 12.2. The Balaban J connectivity index is 1.47. The second-order valence-corrected chi connectivity index (χ2v) is 10.6. The fourth-order valence-electron chi connectivity index (χ4n) is 4.99. The number of carbonyl (C=O) groups is 1. The van der Waals surface area contributed by atoms with E-state index in [0.717, 1.165) is 30.6 Å². The number of nitrogens with one attached hydrogen (secondary N) is 1. The summed E-state index contributed by atoms with van der Waals surface area (Å²) >= 11 is 0. The van der Waals surface area contributed by atoms with Crippen LogP contribution in [0.3, 0.4) is 0 Å². The van der Waals surface area contributed by atoms with Crippen molar-refractivity contribution in [2.45, 2.75) is 63.0 Å². The molecule has 1 aromatic rings. The number of ether oxygens (including phenoxy) is 1. The number of piperidine rings is 1. The van der Waals surface area contributed by atoms with Crippen LogP contribution < -0.4 is 10.1 Å². The summed E-state index contributed by atoms with van der Waals surface area (Å²) in [6.45, 7) is 0.844. The van der Waals surface area contributed by atoms with Gasteiger partial charge in [0.05, 0.1) is 12.3 Å². The minimum atomic E-state index is -3.18. The van der Waals surface area contributed by atoms with Gasteiger partial charge in [0.1, 0.15) is 11.4 Å². The van der Waals surface area contributed by atoms with Gasteiger partial charge in [-0.3, -0.25) is 4.79 Å². The van der Waals surface area contributed by atoms with Gasteiger partial charge in [-0.25, -0.2) is 12.7 Å². The summed E-state index contributed by atoms with van der Waals surface area (Å²) in [5.74, 6) is 0.809.